The molecule has 0 bridgehead atoms. The van der Waals surface area contributed by atoms with Crippen LogP contribution in [0.4, 0.5) is 0 Å². The molecule has 2 N–H and O–H groups in total. The van der Waals surface area contributed by atoms with Crippen LogP contribution in [-0.4, -0.2) is 32.8 Å². The van der Waals surface area contributed by atoms with Gasteiger partial charge in [-0.05, 0) is 37.1 Å². The molecule has 1 atom stereocenters. The molecule has 0 amide bonds. The van der Waals surface area contributed by atoms with Gasteiger partial charge in [0.05, 0.1) is 17.6 Å². The minimum atomic E-state index is -3.57. The van der Waals surface area contributed by atoms with E-state index in [1.165, 1.54) is 19.1 Å². The number of hydrogen-bond donors (Lipinski definition) is 2. The largest absolute Gasteiger partial charge is 0.493 e. The highest BCUT2D eigenvalue weighted by atomic mass is 32.2. The molecule has 0 saturated heterocycles. The number of rotatable bonds is 7. The third kappa shape index (κ3) is 5.59. The Balaban J connectivity index is 2.69. The zero-order valence-corrected chi connectivity index (χ0v) is 12.3. The molecule has 0 aliphatic rings. The summed E-state index contributed by atoms with van der Waals surface area (Å²) in [5.74, 6) is 1.05. The molecule has 0 fully saturated rings. The highest BCUT2D eigenvalue weighted by Crippen LogP contribution is 2.16. The van der Waals surface area contributed by atoms with Gasteiger partial charge in [-0.3, -0.25) is 0 Å². The van der Waals surface area contributed by atoms with E-state index in [0.29, 0.717) is 18.3 Å². The minimum absolute atomic E-state index is 0.00602. The van der Waals surface area contributed by atoms with Gasteiger partial charge in [-0.1, -0.05) is 13.8 Å². The van der Waals surface area contributed by atoms with E-state index in [1.54, 1.807) is 12.1 Å². The molecular formula is C13H21NO4S. The molecule has 0 saturated carbocycles. The monoisotopic (exact) mass is 287 g/mol. The van der Waals surface area contributed by atoms with Gasteiger partial charge < -0.3 is 9.84 Å². The fraction of sp³-hybridized carbons (Fsp3) is 0.538. The normalized spacial score (nSPS) is 13.5. The van der Waals surface area contributed by atoms with Gasteiger partial charge in [-0.25, -0.2) is 13.1 Å². The van der Waals surface area contributed by atoms with Crippen LogP contribution in [0.25, 0.3) is 0 Å². The van der Waals surface area contributed by atoms with E-state index < -0.39 is 16.1 Å². The quantitative estimate of drug-likeness (QED) is 0.794. The minimum Gasteiger partial charge on any atom is -0.493 e. The summed E-state index contributed by atoms with van der Waals surface area (Å²) in [7, 11) is -3.57. The zero-order chi connectivity index (χ0) is 14.5. The molecule has 0 unspecified atom stereocenters. The average Bonchev–Trinajstić information content (AvgIpc) is 2.34. The van der Waals surface area contributed by atoms with Crippen molar-refractivity contribution in [3.8, 4) is 5.75 Å². The number of benzene rings is 1. The summed E-state index contributed by atoms with van der Waals surface area (Å²) in [5, 5.41) is 9.08. The fourth-order valence-electron chi connectivity index (χ4n) is 1.29. The Morgan fingerprint density at radius 2 is 1.79 bits per heavy atom. The molecule has 0 aromatic heterocycles. The van der Waals surface area contributed by atoms with Crippen molar-refractivity contribution in [1.29, 1.82) is 0 Å². The first kappa shape index (κ1) is 15.9. The van der Waals surface area contributed by atoms with Gasteiger partial charge in [0.15, 0.2) is 0 Å². The Labute approximate surface area is 114 Å². The van der Waals surface area contributed by atoms with E-state index in [1.807, 2.05) is 13.8 Å². The maximum absolute atomic E-state index is 11.9. The smallest absolute Gasteiger partial charge is 0.240 e. The van der Waals surface area contributed by atoms with Crippen molar-refractivity contribution in [2.24, 2.45) is 5.92 Å². The van der Waals surface area contributed by atoms with Crippen molar-refractivity contribution >= 4 is 10.0 Å². The second-order valence-corrected chi connectivity index (χ2v) is 6.64. The molecule has 0 aliphatic carbocycles. The van der Waals surface area contributed by atoms with E-state index in [9.17, 15) is 8.42 Å². The number of aliphatic hydroxyl groups is 1. The summed E-state index contributed by atoms with van der Waals surface area (Å²) >= 11 is 0. The van der Waals surface area contributed by atoms with Crippen LogP contribution in [0.3, 0.4) is 0 Å². The third-order valence-corrected chi connectivity index (χ3v) is 3.73. The van der Waals surface area contributed by atoms with Crippen molar-refractivity contribution in [1.82, 2.24) is 4.72 Å². The van der Waals surface area contributed by atoms with Gasteiger partial charge in [0, 0.05) is 6.54 Å². The fourth-order valence-corrected chi connectivity index (χ4v) is 2.41. The Bertz CT molecular complexity index is 480. The van der Waals surface area contributed by atoms with E-state index >= 15 is 0 Å². The van der Waals surface area contributed by atoms with Crippen LogP contribution < -0.4 is 9.46 Å². The van der Waals surface area contributed by atoms with Crippen LogP contribution >= 0.6 is 0 Å². The van der Waals surface area contributed by atoms with Crippen LogP contribution in [0, 0.1) is 5.92 Å². The lowest BCUT2D eigenvalue weighted by atomic mass is 10.2. The lowest BCUT2D eigenvalue weighted by Crippen LogP contribution is -2.30. The molecule has 1 aromatic carbocycles. The SMILES string of the molecule is CC(C)COc1ccc(S(=O)(=O)NC[C@@H](C)O)cc1. The van der Waals surface area contributed by atoms with Crippen LogP contribution in [-0.2, 0) is 10.0 Å². The van der Waals surface area contributed by atoms with Crippen LogP contribution in [0.2, 0.25) is 0 Å². The summed E-state index contributed by atoms with van der Waals surface area (Å²) in [6.45, 7) is 6.18. The predicted molar refractivity (Wildman–Crippen MR) is 73.6 cm³/mol. The van der Waals surface area contributed by atoms with Gasteiger partial charge in [0.2, 0.25) is 10.0 Å². The number of hydrogen-bond acceptors (Lipinski definition) is 4. The molecule has 108 valence electrons. The predicted octanol–water partition coefficient (Wildman–Crippen LogP) is 1.38. The highest BCUT2D eigenvalue weighted by Gasteiger charge is 2.14. The second kappa shape index (κ2) is 6.88. The Kier molecular flexibility index (Phi) is 5.78. The zero-order valence-electron chi connectivity index (χ0n) is 11.5. The molecule has 5 nitrogen and oxygen atoms in total. The molecule has 6 heteroatoms. The van der Waals surface area contributed by atoms with Gasteiger partial charge in [0.25, 0.3) is 0 Å². The van der Waals surface area contributed by atoms with Crippen LogP contribution in [0.5, 0.6) is 5.75 Å². The molecule has 0 radical (unpaired) electrons. The number of ether oxygens (including phenoxy) is 1. The standard InChI is InChI=1S/C13H21NO4S/c1-10(2)9-18-12-4-6-13(7-5-12)19(16,17)14-8-11(3)15/h4-7,10-11,14-15H,8-9H2,1-3H3/t11-/m1/s1. The molecule has 19 heavy (non-hydrogen) atoms. The Morgan fingerprint density at radius 1 is 1.21 bits per heavy atom. The van der Waals surface area contributed by atoms with Gasteiger partial charge in [-0.2, -0.15) is 0 Å². The van der Waals surface area contributed by atoms with Crippen molar-refractivity contribution < 1.29 is 18.3 Å². The highest BCUT2D eigenvalue weighted by molar-refractivity contribution is 7.89. The van der Waals surface area contributed by atoms with Gasteiger partial charge >= 0.3 is 0 Å². The van der Waals surface area contributed by atoms with Gasteiger partial charge in [-0.15, -0.1) is 0 Å². The van der Waals surface area contributed by atoms with E-state index in [2.05, 4.69) is 4.72 Å². The lowest BCUT2D eigenvalue weighted by Gasteiger charge is -2.10. The number of nitrogens with one attached hydrogen (secondary N) is 1. The first-order valence-corrected chi connectivity index (χ1v) is 7.70. The van der Waals surface area contributed by atoms with E-state index in [0.717, 1.165) is 0 Å². The number of sulfonamides is 1. The molecule has 0 aliphatic heterocycles. The van der Waals surface area contributed by atoms with E-state index in [4.69, 9.17) is 9.84 Å². The van der Waals surface area contributed by atoms with Crippen molar-refractivity contribution in [3.63, 3.8) is 0 Å². The summed E-state index contributed by atoms with van der Waals surface area (Å²) in [4.78, 5) is 0.157. The summed E-state index contributed by atoms with van der Waals surface area (Å²) in [6, 6.07) is 6.22. The molecule has 1 rings (SSSR count). The molecule has 0 spiro atoms. The summed E-state index contributed by atoms with van der Waals surface area (Å²) in [5.41, 5.74) is 0. The van der Waals surface area contributed by atoms with Crippen LogP contribution in [0.1, 0.15) is 20.8 Å². The first-order chi connectivity index (χ1) is 8.81. The summed E-state index contributed by atoms with van der Waals surface area (Å²) < 4.78 is 31.5. The third-order valence-electron chi connectivity index (χ3n) is 2.29. The molecule has 1 aromatic rings. The lowest BCUT2D eigenvalue weighted by molar-refractivity contribution is 0.198. The summed E-state index contributed by atoms with van der Waals surface area (Å²) in [6.07, 6.45) is -0.719. The second-order valence-electron chi connectivity index (χ2n) is 4.88. The maximum Gasteiger partial charge on any atom is 0.240 e. The average molecular weight is 287 g/mol. The van der Waals surface area contributed by atoms with E-state index in [-0.39, 0.29) is 11.4 Å². The van der Waals surface area contributed by atoms with Crippen molar-refractivity contribution in [3.05, 3.63) is 24.3 Å². The first-order valence-electron chi connectivity index (χ1n) is 6.22. The van der Waals surface area contributed by atoms with Crippen molar-refractivity contribution in [2.45, 2.75) is 31.8 Å². The Morgan fingerprint density at radius 3 is 2.26 bits per heavy atom. The molecule has 0 heterocycles. The van der Waals surface area contributed by atoms with Crippen molar-refractivity contribution in [2.75, 3.05) is 13.2 Å². The maximum atomic E-state index is 11.9. The number of aliphatic hydroxyl groups excluding tert-OH is 1. The topological polar surface area (TPSA) is 75.6 Å². The van der Waals surface area contributed by atoms with Gasteiger partial charge in [0.1, 0.15) is 5.75 Å². The Hall–Kier alpha value is -1.11. The molecular weight excluding hydrogens is 266 g/mol. The van der Waals surface area contributed by atoms with Crippen LogP contribution in [0.15, 0.2) is 29.2 Å².